The molecule has 2 aromatic rings. The maximum Gasteiger partial charge on any atom is 0.342 e. The summed E-state index contributed by atoms with van der Waals surface area (Å²) in [6, 6.07) is 12.5. The molecule has 0 fully saturated rings. The maximum atomic E-state index is 12.9. The number of esters is 1. The number of halogens is 1. The zero-order chi connectivity index (χ0) is 18.9. The molecule has 0 aromatic heterocycles. The van der Waals surface area contributed by atoms with E-state index in [1.807, 2.05) is 13.8 Å². The van der Waals surface area contributed by atoms with Crippen LogP contribution < -0.4 is 10.1 Å². The van der Waals surface area contributed by atoms with Crippen molar-refractivity contribution in [3.05, 3.63) is 65.5 Å². The van der Waals surface area contributed by atoms with Gasteiger partial charge in [-0.05, 0) is 43.2 Å². The number of rotatable bonds is 8. The van der Waals surface area contributed by atoms with Gasteiger partial charge < -0.3 is 14.8 Å². The first-order chi connectivity index (χ1) is 12.5. The number of carbonyl (C=O) groups excluding carboxylic acids is 2. The van der Waals surface area contributed by atoms with Crippen LogP contribution in [0.15, 0.2) is 48.5 Å². The summed E-state index contributed by atoms with van der Waals surface area (Å²) in [5.41, 5.74) is 0.994. The van der Waals surface area contributed by atoms with Crippen molar-refractivity contribution in [1.82, 2.24) is 5.32 Å². The quantitative estimate of drug-likeness (QED) is 0.733. The van der Waals surface area contributed by atoms with E-state index in [4.69, 9.17) is 9.47 Å². The van der Waals surface area contributed by atoms with E-state index >= 15 is 0 Å². The van der Waals surface area contributed by atoms with Crippen LogP contribution in [0.5, 0.6) is 5.75 Å². The molecule has 5 nitrogen and oxygen atoms in total. The standard InChI is InChI=1S/C20H22FNO4/c1-3-14(2)22-19(23)13-26-20(24)17-6-4-5-7-18(17)25-12-15-8-10-16(21)11-9-15/h4-11,14H,3,12-13H2,1-2H3,(H,22,23). The van der Waals surface area contributed by atoms with E-state index in [0.29, 0.717) is 5.75 Å². The summed E-state index contributed by atoms with van der Waals surface area (Å²) in [6.07, 6.45) is 0.791. The van der Waals surface area contributed by atoms with Crippen molar-refractivity contribution >= 4 is 11.9 Å². The third-order valence-corrected chi connectivity index (χ3v) is 3.77. The molecule has 1 amide bonds. The Kier molecular flexibility index (Phi) is 7.14. The first kappa shape index (κ1) is 19.4. The normalized spacial score (nSPS) is 11.5. The molecule has 0 aliphatic carbocycles. The van der Waals surface area contributed by atoms with Gasteiger partial charge in [0.05, 0.1) is 0 Å². The van der Waals surface area contributed by atoms with Gasteiger partial charge in [-0.25, -0.2) is 9.18 Å². The molecule has 2 rings (SSSR count). The van der Waals surface area contributed by atoms with Gasteiger partial charge >= 0.3 is 5.97 Å². The van der Waals surface area contributed by atoms with E-state index in [-0.39, 0.29) is 36.5 Å². The van der Waals surface area contributed by atoms with Crippen molar-refractivity contribution in [1.29, 1.82) is 0 Å². The molecule has 0 saturated heterocycles. The van der Waals surface area contributed by atoms with Gasteiger partial charge in [-0.3, -0.25) is 4.79 Å². The Morgan fingerprint density at radius 3 is 2.50 bits per heavy atom. The number of ether oxygens (including phenoxy) is 2. The van der Waals surface area contributed by atoms with Gasteiger partial charge in [-0.1, -0.05) is 31.2 Å². The molecule has 0 saturated carbocycles. The summed E-state index contributed by atoms with van der Waals surface area (Å²) >= 11 is 0. The van der Waals surface area contributed by atoms with Crippen LogP contribution in [0.2, 0.25) is 0 Å². The number of para-hydroxylation sites is 1. The molecule has 0 radical (unpaired) electrons. The first-order valence-corrected chi connectivity index (χ1v) is 8.42. The van der Waals surface area contributed by atoms with Crippen LogP contribution in [-0.4, -0.2) is 24.5 Å². The maximum absolute atomic E-state index is 12.9. The van der Waals surface area contributed by atoms with Crippen molar-refractivity contribution in [2.45, 2.75) is 32.9 Å². The Balaban J connectivity index is 1.95. The molecule has 1 unspecified atom stereocenters. The lowest BCUT2D eigenvalue weighted by atomic mass is 10.2. The Labute approximate surface area is 152 Å². The van der Waals surface area contributed by atoms with E-state index in [9.17, 15) is 14.0 Å². The smallest absolute Gasteiger partial charge is 0.342 e. The van der Waals surface area contributed by atoms with Crippen LogP contribution >= 0.6 is 0 Å². The average Bonchev–Trinajstić information content (AvgIpc) is 2.65. The molecule has 0 spiro atoms. The number of benzene rings is 2. The molecule has 0 heterocycles. The summed E-state index contributed by atoms with van der Waals surface area (Å²) in [5.74, 6) is -0.978. The lowest BCUT2D eigenvalue weighted by molar-refractivity contribution is -0.124. The Morgan fingerprint density at radius 2 is 1.81 bits per heavy atom. The molecule has 1 atom stereocenters. The largest absolute Gasteiger partial charge is 0.488 e. The van der Waals surface area contributed by atoms with Gasteiger partial charge in [0.2, 0.25) is 0 Å². The second-order valence-corrected chi connectivity index (χ2v) is 5.86. The van der Waals surface area contributed by atoms with Crippen LogP contribution in [0.25, 0.3) is 0 Å². The monoisotopic (exact) mass is 359 g/mol. The van der Waals surface area contributed by atoms with E-state index in [2.05, 4.69) is 5.32 Å². The molecule has 6 heteroatoms. The Bertz CT molecular complexity index is 746. The topological polar surface area (TPSA) is 64.6 Å². The van der Waals surface area contributed by atoms with Crippen molar-refractivity contribution in [3.8, 4) is 5.75 Å². The highest BCUT2D eigenvalue weighted by molar-refractivity contribution is 5.94. The highest BCUT2D eigenvalue weighted by Crippen LogP contribution is 2.20. The molecule has 138 valence electrons. The van der Waals surface area contributed by atoms with Gasteiger partial charge in [0.15, 0.2) is 6.61 Å². The van der Waals surface area contributed by atoms with Gasteiger partial charge in [0, 0.05) is 6.04 Å². The average molecular weight is 359 g/mol. The fourth-order valence-corrected chi connectivity index (χ4v) is 2.13. The number of hydrogen-bond acceptors (Lipinski definition) is 4. The lowest BCUT2D eigenvalue weighted by Gasteiger charge is -2.13. The van der Waals surface area contributed by atoms with Crippen LogP contribution in [0.1, 0.15) is 36.2 Å². The molecular formula is C20H22FNO4. The Morgan fingerprint density at radius 1 is 1.12 bits per heavy atom. The zero-order valence-corrected chi connectivity index (χ0v) is 14.8. The van der Waals surface area contributed by atoms with Gasteiger partial charge in [-0.15, -0.1) is 0 Å². The fourth-order valence-electron chi connectivity index (χ4n) is 2.13. The van der Waals surface area contributed by atoms with Crippen molar-refractivity contribution < 1.29 is 23.5 Å². The van der Waals surface area contributed by atoms with Crippen LogP contribution in [0, 0.1) is 5.82 Å². The third kappa shape index (κ3) is 5.88. The molecule has 0 aliphatic rings. The predicted molar refractivity (Wildman–Crippen MR) is 95.4 cm³/mol. The van der Waals surface area contributed by atoms with Crippen molar-refractivity contribution in [3.63, 3.8) is 0 Å². The third-order valence-electron chi connectivity index (χ3n) is 3.77. The van der Waals surface area contributed by atoms with E-state index < -0.39 is 5.97 Å². The Hall–Kier alpha value is -2.89. The zero-order valence-electron chi connectivity index (χ0n) is 14.8. The molecule has 1 N–H and O–H groups in total. The number of amides is 1. The van der Waals surface area contributed by atoms with Crippen molar-refractivity contribution in [2.24, 2.45) is 0 Å². The van der Waals surface area contributed by atoms with Crippen LogP contribution in [-0.2, 0) is 16.1 Å². The highest BCUT2D eigenvalue weighted by atomic mass is 19.1. The second kappa shape index (κ2) is 9.56. The van der Waals surface area contributed by atoms with E-state index in [1.165, 1.54) is 12.1 Å². The summed E-state index contributed by atoms with van der Waals surface area (Å²) in [5, 5.41) is 2.72. The highest BCUT2D eigenvalue weighted by Gasteiger charge is 2.16. The summed E-state index contributed by atoms with van der Waals surface area (Å²) in [6.45, 7) is 3.65. The van der Waals surface area contributed by atoms with Gasteiger partial charge in [-0.2, -0.15) is 0 Å². The minimum atomic E-state index is -0.640. The summed E-state index contributed by atoms with van der Waals surface area (Å²) in [4.78, 5) is 24.0. The lowest BCUT2D eigenvalue weighted by Crippen LogP contribution is -2.35. The molecule has 26 heavy (non-hydrogen) atoms. The molecular weight excluding hydrogens is 337 g/mol. The van der Waals surface area contributed by atoms with Gasteiger partial charge in [0.1, 0.15) is 23.7 Å². The van der Waals surface area contributed by atoms with E-state index in [1.54, 1.807) is 36.4 Å². The number of nitrogens with one attached hydrogen (secondary N) is 1. The molecule has 0 bridgehead atoms. The van der Waals surface area contributed by atoms with Crippen LogP contribution in [0.3, 0.4) is 0 Å². The predicted octanol–water partition coefficient (Wildman–Crippen LogP) is 3.48. The van der Waals surface area contributed by atoms with Gasteiger partial charge in [0.25, 0.3) is 5.91 Å². The van der Waals surface area contributed by atoms with E-state index in [0.717, 1.165) is 12.0 Å². The summed E-state index contributed by atoms with van der Waals surface area (Å²) in [7, 11) is 0. The minimum absolute atomic E-state index is 0.0209. The molecule has 0 aliphatic heterocycles. The minimum Gasteiger partial charge on any atom is -0.488 e. The summed E-state index contributed by atoms with van der Waals surface area (Å²) < 4.78 is 23.6. The second-order valence-electron chi connectivity index (χ2n) is 5.86. The van der Waals surface area contributed by atoms with Crippen LogP contribution in [0.4, 0.5) is 4.39 Å². The molecule has 2 aromatic carbocycles. The fraction of sp³-hybridized carbons (Fsp3) is 0.300. The first-order valence-electron chi connectivity index (χ1n) is 8.42. The SMILES string of the molecule is CCC(C)NC(=O)COC(=O)c1ccccc1OCc1ccc(F)cc1. The number of carbonyl (C=O) groups is 2. The van der Waals surface area contributed by atoms with Crippen molar-refractivity contribution in [2.75, 3.05) is 6.61 Å². The number of hydrogen-bond donors (Lipinski definition) is 1.